The highest BCUT2D eigenvalue weighted by molar-refractivity contribution is 5.99. The fourth-order valence-electron chi connectivity index (χ4n) is 4.54. The molecule has 7 heteroatoms. The highest BCUT2D eigenvalue weighted by atomic mass is 16.5. The quantitative estimate of drug-likeness (QED) is 0.406. The van der Waals surface area contributed by atoms with Crippen LogP contribution >= 0.6 is 0 Å². The minimum absolute atomic E-state index is 0.0578. The van der Waals surface area contributed by atoms with Crippen LogP contribution < -0.4 is 10.6 Å². The predicted molar refractivity (Wildman–Crippen MR) is 134 cm³/mol. The summed E-state index contributed by atoms with van der Waals surface area (Å²) in [5.74, 6) is -1.68. The van der Waals surface area contributed by atoms with Gasteiger partial charge in [0.25, 0.3) is 5.91 Å². The van der Waals surface area contributed by atoms with Crippen LogP contribution in [-0.4, -0.2) is 35.2 Å². The van der Waals surface area contributed by atoms with Crippen molar-refractivity contribution in [2.75, 3.05) is 11.9 Å². The number of nitrogens with one attached hydrogen (secondary N) is 2. The monoisotopic (exact) mass is 472 g/mol. The van der Waals surface area contributed by atoms with Crippen LogP contribution in [0.4, 0.5) is 10.5 Å². The Balaban J connectivity index is 1.41. The van der Waals surface area contributed by atoms with Crippen molar-refractivity contribution >= 4 is 23.7 Å². The molecule has 0 saturated carbocycles. The van der Waals surface area contributed by atoms with Gasteiger partial charge in [-0.05, 0) is 53.8 Å². The van der Waals surface area contributed by atoms with Crippen LogP contribution in [-0.2, 0) is 9.53 Å². The van der Waals surface area contributed by atoms with Crippen LogP contribution in [0.25, 0.3) is 11.1 Å². The minimum Gasteiger partial charge on any atom is -0.480 e. The van der Waals surface area contributed by atoms with Crippen molar-refractivity contribution < 1.29 is 24.2 Å². The van der Waals surface area contributed by atoms with E-state index in [1.807, 2.05) is 43.3 Å². The molecule has 0 spiro atoms. The zero-order valence-corrected chi connectivity index (χ0v) is 19.7. The van der Waals surface area contributed by atoms with E-state index in [9.17, 15) is 19.5 Å². The van der Waals surface area contributed by atoms with Gasteiger partial charge in [0.1, 0.15) is 12.1 Å². The molecule has 3 aromatic carbocycles. The maximum atomic E-state index is 12.7. The smallest absolute Gasteiger partial charge is 0.411 e. The van der Waals surface area contributed by atoms with Gasteiger partial charge < -0.3 is 15.2 Å². The standard InChI is InChI=1S/C28H28N2O5/c1-3-15-28(2,26(32)33)30-25(31)18-9-8-10-19(16-18)29-27(34)35-17-24-22-13-6-4-11-20(22)21-12-5-7-14-23(21)24/h4-14,16,24H,3,15,17H2,1-2H3,(H,29,34)(H,30,31)(H,32,33). The van der Waals surface area contributed by atoms with Gasteiger partial charge in [-0.3, -0.25) is 10.1 Å². The van der Waals surface area contributed by atoms with Gasteiger partial charge >= 0.3 is 12.1 Å². The van der Waals surface area contributed by atoms with Gasteiger partial charge in [-0.2, -0.15) is 0 Å². The summed E-state index contributed by atoms with van der Waals surface area (Å²) < 4.78 is 5.56. The lowest BCUT2D eigenvalue weighted by Gasteiger charge is -2.25. The Labute approximate surface area is 204 Å². The number of carboxylic acid groups (broad SMARTS) is 1. The van der Waals surface area contributed by atoms with Gasteiger partial charge in [-0.25, -0.2) is 9.59 Å². The molecule has 1 aliphatic rings. The van der Waals surface area contributed by atoms with Crippen molar-refractivity contribution in [2.24, 2.45) is 0 Å². The lowest BCUT2D eigenvalue weighted by atomic mass is 9.95. The summed E-state index contributed by atoms with van der Waals surface area (Å²) >= 11 is 0. The van der Waals surface area contributed by atoms with E-state index in [1.165, 1.54) is 13.0 Å². The highest BCUT2D eigenvalue weighted by Gasteiger charge is 2.34. The Morgan fingerprint density at radius 3 is 2.17 bits per heavy atom. The minimum atomic E-state index is -1.37. The van der Waals surface area contributed by atoms with Crippen LogP contribution in [0.3, 0.4) is 0 Å². The summed E-state index contributed by atoms with van der Waals surface area (Å²) in [7, 11) is 0. The van der Waals surface area contributed by atoms with Crippen molar-refractivity contribution in [1.82, 2.24) is 5.32 Å². The lowest BCUT2D eigenvalue weighted by Crippen LogP contribution is -2.52. The molecule has 0 saturated heterocycles. The molecule has 0 bridgehead atoms. The number of carbonyl (C=O) groups is 3. The van der Waals surface area contributed by atoms with E-state index in [4.69, 9.17) is 4.74 Å². The average molecular weight is 473 g/mol. The Bertz CT molecular complexity index is 1230. The first-order valence-corrected chi connectivity index (χ1v) is 11.6. The molecule has 0 aliphatic heterocycles. The van der Waals surface area contributed by atoms with E-state index in [0.29, 0.717) is 18.5 Å². The Hall–Kier alpha value is -4.13. The second kappa shape index (κ2) is 10.0. The number of rotatable bonds is 8. The first-order chi connectivity index (χ1) is 16.8. The van der Waals surface area contributed by atoms with Gasteiger partial charge in [0.05, 0.1) is 0 Å². The maximum Gasteiger partial charge on any atom is 0.411 e. The molecular weight excluding hydrogens is 444 g/mol. The first-order valence-electron chi connectivity index (χ1n) is 11.6. The van der Waals surface area contributed by atoms with Crippen LogP contribution in [0.2, 0.25) is 0 Å². The number of hydrogen-bond donors (Lipinski definition) is 3. The number of benzene rings is 3. The molecule has 2 amide bonds. The zero-order valence-electron chi connectivity index (χ0n) is 19.7. The lowest BCUT2D eigenvalue weighted by molar-refractivity contribution is -0.144. The Kier molecular flexibility index (Phi) is 6.87. The zero-order chi connectivity index (χ0) is 25.0. The molecule has 3 aromatic rings. The molecule has 1 unspecified atom stereocenters. The Morgan fingerprint density at radius 2 is 1.57 bits per heavy atom. The number of anilines is 1. The van der Waals surface area contributed by atoms with Gasteiger partial charge in [0.2, 0.25) is 0 Å². The molecule has 4 rings (SSSR count). The van der Waals surface area contributed by atoms with E-state index >= 15 is 0 Å². The Morgan fingerprint density at radius 1 is 0.943 bits per heavy atom. The van der Waals surface area contributed by atoms with Gasteiger partial charge in [-0.1, -0.05) is 67.9 Å². The largest absolute Gasteiger partial charge is 0.480 e. The number of amides is 2. The average Bonchev–Trinajstić information content (AvgIpc) is 3.16. The summed E-state index contributed by atoms with van der Waals surface area (Å²) in [4.78, 5) is 36.9. The molecule has 1 aliphatic carbocycles. The van der Waals surface area contributed by atoms with Crippen LogP contribution in [0.1, 0.15) is 54.1 Å². The van der Waals surface area contributed by atoms with Crippen LogP contribution in [0, 0.1) is 0 Å². The highest BCUT2D eigenvalue weighted by Crippen LogP contribution is 2.44. The van der Waals surface area contributed by atoms with Crippen molar-refractivity contribution in [3.63, 3.8) is 0 Å². The normalized spacial score (nSPS) is 13.8. The second-order valence-corrected chi connectivity index (χ2v) is 8.87. The van der Waals surface area contributed by atoms with E-state index in [0.717, 1.165) is 22.3 Å². The summed E-state index contributed by atoms with van der Waals surface area (Å²) in [6, 6.07) is 22.5. The molecule has 0 aromatic heterocycles. The number of ether oxygens (including phenoxy) is 1. The summed E-state index contributed by atoms with van der Waals surface area (Å²) in [5.41, 5.74) is 3.77. The first kappa shape index (κ1) is 24.0. The van der Waals surface area contributed by atoms with Crippen LogP contribution in [0.15, 0.2) is 72.8 Å². The van der Waals surface area contributed by atoms with E-state index in [2.05, 4.69) is 22.8 Å². The summed E-state index contributed by atoms with van der Waals surface area (Å²) in [6.45, 7) is 3.51. The molecule has 0 fully saturated rings. The molecule has 0 radical (unpaired) electrons. The van der Waals surface area contributed by atoms with Crippen molar-refractivity contribution in [3.05, 3.63) is 89.5 Å². The SMILES string of the molecule is CCCC(C)(NC(=O)c1cccc(NC(=O)OCC2c3ccccc3-c3ccccc32)c1)C(=O)O. The van der Waals surface area contributed by atoms with Crippen molar-refractivity contribution in [1.29, 1.82) is 0 Å². The van der Waals surface area contributed by atoms with Crippen molar-refractivity contribution in [3.8, 4) is 11.1 Å². The van der Waals surface area contributed by atoms with Crippen LogP contribution in [0.5, 0.6) is 0 Å². The van der Waals surface area contributed by atoms with Gasteiger partial charge in [-0.15, -0.1) is 0 Å². The molecule has 180 valence electrons. The number of hydrogen-bond acceptors (Lipinski definition) is 4. The third kappa shape index (κ3) is 5.04. The maximum absolute atomic E-state index is 12.7. The number of aliphatic carboxylic acids is 1. The van der Waals surface area contributed by atoms with Gasteiger partial charge in [0.15, 0.2) is 0 Å². The summed E-state index contributed by atoms with van der Waals surface area (Å²) in [5, 5.41) is 14.8. The number of carboxylic acids is 1. The van der Waals surface area contributed by atoms with E-state index < -0.39 is 23.5 Å². The topological polar surface area (TPSA) is 105 Å². The predicted octanol–water partition coefficient (Wildman–Crippen LogP) is 5.42. The fraction of sp³-hybridized carbons (Fsp3) is 0.250. The molecular formula is C28H28N2O5. The molecule has 35 heavy (non-hydrogen) atoms. The fourth-order valence-corrected chi connectivity index (χ4v) is 4.54. The number of fused-ring (bicyclic) bond motifs is 3. The summed E-state index contributed by atoms with van der Waals surface area (Å²) in [6.07, 6.45) is 0.267. The molecule has 0 heterocycles. The third-order valence-corrected chi connectivity index (χ3v) is 6.33. The molecule has 1 atom stereocenters. The molecule has 7 nitrogen and oxygen atoms in total. The third-order valence-electron chi connectivity index (χ3n) is 6.33. The number of carbonyl (C=O) groups excluding carboxylic acids is 2. The van der Waals surface area contributed by atoms with Crippen molar-refractivity contribution in [2.45, 2.75) is 38.1 Å². The van der Waals surface area contributed by atoms with E-state index in [-0.39, 0.29) is 18.1 Å². The second-order valence-electron chi connectivity index (χ2n) is 8.87. The van der Waals surface area contributed by atoms with Gasteiger partial charge in [0, 0.05) is 17.2 Å². The van der Waals surface area contributed by atoms with E-state index in [1.54, 1.807) is 18.2 Å². The molecule has 3 N–H and O–H groups in total.